The molecule has 7 nitrogen and oxygen atoms in total. The van der Waals surface area contributed by atoms with Crippen LogP contribution < -0.4 is 4.74 Å². The number of piperidine rings is 1. The number of benzene rings is 1. The van der Waals surface area contributed by atoms with Gasteiger partial charge in [0, 0.05) is 30.8 Å². The number of hydrogen-bond donors (Lipinski definition) is 0. The van der Waals surface area contributed by atoms with Gasteiger partial charge in [-0.15, -0.1) is 5.10 Å². The first kappa shape index (κ1) is 18.2. The van der Waals surface area contributed by atoms with E-state index in [0.29, 0.717) is 42.9 Å². The Hall–Kier alpha value is -3.22. The molecule has 0 unspecified atom stereocenters. The minimum atomic E-state index is -0.0882. The Morgan fingerprint density at radius 3 is 2.64 bits per heavy atom. The lowest BCUT2D eigenvalue weighted by Crippen LogP contribution is -2.39. The Kier molecular flexibility index (Phi) is 5.32. The van der Waals surface area contributed by atoms with E-state index >= 15 is 0 Å². The topological polar surface area (TPSA) is 81.4 Å². The van der Waals surface area contributed by atoms with Gasteiger partial charge in [-0.3, -0.25) is 4.79 Å². The molecule has 0 saturated carbocycles. The molecule has 1 aliphatic heterocycles. The molecule has 0 spiro atoms. The molecule has 0 atom stereocenters. The Labute approximate surface area is 163 Å². The smallest absolute Gasteiger partial charge is 0.276 e. The van der Waals surface area contributed by atoms with Gasteiger partial charge in [0.05, 0.1) is 12.3 Å². The van der Waals surface area contributed by atoms with Crippen molar-refractivity contribution in [2.75, 3.05) is 19.7 Å². The van der Waals surface area contributed by atoms with Crippen molar-refractivity contribution in [1.29, 1.82) is 0 Å². The molecular weight excluding hydrogens is 356 g/mol. The number of carbonyl (C=O) groups excluding carboxylic acids is 1. The highest BCUT2D eigenvalue weighted by atomic mass is 16.5. The predicted molar refractivity (Wildman–Crippen MR) is 103 cm³/mol. The average molecular weight is 378 g/mol. The van der Waals surface area contributed by atoms with Crippen molar-refractivity contribution < 1.29 is 14.1 Å². The fourth-order valence-corrected chi connectivity index (χ4v) is 3.25. The SMILES string of the molecule is Cc1ccc(OCC2CCN(C(=O)c3cc(-c4ccccc4)on3)CC2)nn1. The van der Waals surface area contributed by atoms with E-state index in [1.54, 1.807) is 6.07 Å². The summed E-state index contributed by atoms with van der Waals surface area (Å²) < 4.78 is 11.1. The predicted octanol–water partition coefficient (Wildman–Crippen LogP) is 3.37. The van der Waals surface area contributed by atoms with Gasteiger partial charge in [0.1, 0.15) is 0 Å². The quantitative estimate of drug-likeness (QED) is 0.677. The summed E-state index contributed by atoms with van der Waals surface area (Å²) in [4.78, 5) is 14.5. The van der Waals surface area contributed by atoms with Gasteiger partial charge in [-0.25, -0.2) is 0 Å². The standard InChI is InChI=1S/C21H22N4O3/c1-15-7-8-20(23-22-15)27-14-16-9-11-25(12-10-16)21(26)18-13-19(28-24-18)17-5-3-2-4-6-17/h2-8,13,16H,9-12,14H2,1H3. The van der Waals surface area contributed by atoms with Gasteiger partial charge in [-0.05, 0) is 31.7 Å². The first-order valence-electron chi connectivity index (χ1n) is 9.43. The van der Waals surface area contributed by atoms with Crippen molar-refractivity contribution in [3.05, 3.63) is 59.9 Å². The Bertz CT molecular complexity index is 916. The van der Waals surface area contributed by atoms with E-state index in [1.807, 2.05) is 54.3 Å². The summed E-state index contributed by atoms with van der Waals surface area (Å²) in [6.07, 6.45) is 1.77. The van der Waals surface area contributed by atoms with Crippen LogP contribution >= 0.6 is 0 Å². The maximum atomic E-state index is 12.7. The highest BCUT2D eigenvalue weighted by Crippen LogP contribution is 2.23. The van der Waals surface area contributed by atoms with Crippen LogP contribution in [0.15, 0.2) is 53.1 Å². The van der Waals surface area contributed by atoms with Crippen molar-refractivity contribution in [2.24, 2.45) is 5.92 Å². The molecule has 1 aliphatic rings. The molecule has 1 saturated heterocycles. The molecule has 0 N–H and O–H groups in total. The number of aryl methyl sites for hydroxylation is 1. The number of ether oxygens (including phenoxy) is 1. The zero-order chi connectivity index (χ0) is 19.3. The lowest BCUT2D eigenvalue weighted by Gasteiger charge is -2.31. The monoisotopic (exact) mass is 378 g/mol. The van der Waals surface area contributed by atoms with Gasteiger partial charge in [-0.1, -0.05) is 35.5 Å². The number of nitrogens with zero attached hydrogens (tertiary/aromatic N) is 4. The van der Waals surface area contributed by atoms with Gasteiger partial charge < -0.3 is 14.2 Å². The zero-order valence-corrected chi connectivity index (χ0v) is 15.7. The summed E-state index contributed by atoms with van der Waals surface area (Å²) in [5, 5.41) is 12.0. The number of hydrogen-bond acceptors (Lipinski definition) is 6. The summed E-state index contributed by atoms with van der Waals surface area (Å²) in [5.41, 5.74) is 2.12. The maximum absolute atomic E-state index is 12.7. The van der Waals surface area contributed by atoms with E-state index < -0.39 is 0 Å². The molecule has 1 fully saturated rings. The fourth-order valence-electron chi connectivity index (χ4n) is 3.25. The van der Waals surface area contributed by atoms with Crippen LogP contribution in [-0.2, 0) is 0 Å². The summed E-state index contributed by atoms with van der Waals surface area (Å²) in [6, 6.07) is 15.1. The third-order valence-corrected chi connectivity index (χ3v) is 4.93. The van der Waals surface area contributed by atoms with Gasteiger partial charge in [-0.2, -0.15) is 5.10 Å². The second-order valence-electron chi connectivity index (χ2n) is 7.00. The molecule has 3 aromatic rings. The fraction of sp³-hybridized carbons (Fsp3) is 0.333. The van der Waals surface area contributed by atoms with Crippen LogP contribution in [0.5, 0.6) is 5.88 Å². The molecule has 7 heteroatoms. The van der Waals surface area contributed by atoms with Crippen LogP contribution in [0.3, 0.4) is 0 Å². The van der Waals surface area contributed by atoms with E-state index in [9.17, 15) is 4.79 Å². The van der Waals surface area contributed by atoms with Crippen molar-refractivity contribution in [2.45, 2.75) is 19.8 Å². The molecule has 0 radical (unpaired) electrons. The molecule has 0 bridgehead atoms. The average Bonchev–Trinajstić information content (AvgIpc) is 3.24. The lowest BCUT2D eigenvalue weighted by atomic mass is 9.97. The highest BCUT2D eigenvalue weighted by molar-refractivity contribution is 5.93. The van der Waals surface area contributed by atoms with Crippen molar-refractivity contribution in [3.8, 4) is 17.2 Å². The molecule has 1 aromatic carbocycles. The van der Waals surface area contributed by atoms with E-state index in [-0.39, 0.29) is 5.91 Å². The van der Waals surface area contributed by atoms with Gasteiger partial charge in [0.25, 0.3) is 5.91 Å². The van der Waals surface area contributed by atoms with E-state index in [2.05, 4.69) is 15.4 Å². The normalized spacial score (nSPS) is 14.8. The first-order chi connectivity index (χ1) is 13.7. The lowest BCUT2D eigenvalue weighted by molar-refractivity contribution is 0.0649. The number of aromatic nitrogens is 3. The number of amides is 1. The summed E-state index contributed by atoms with van der Waals surface area (Å²) in [6.45, 7) is 3.84. The largest absolute Gasteiger partial charge is 0.476 e. The molecule has 2 aromatic heterocycles. The maximum Gasteiger partial charge on any atom is 0.276 e. The molecule has 144 valence electrons. The van der Waals surface area contributed by atoms with Gasteiger partial charge >= 0.3 is 0 Å². The molecule has 3 heterocycles. The minimum Gasteiger partial charge on any atom is -0.476 e. The third kappa shape index (κ3) is 4.19. The summed E-state index contributed by atoms with van der Waals surface area (Å²) >= 11 is 0. The Morgan fingerprint density at radius 1 is 1.14 bits per heavy atom. The van der Waals surface area contributed by atoms with Crippen molar-refractivity contribution in [3.63, 3.8) is 0 Å². The first-order valence-corrected chi connectivity index (χ1v) is 9.43. The molecule has 0 aliphatic carbocycles. The van der Waals surface area contributed by atoms with E-state index in [4.69, 9.17) is 9.26 Å². The number of carbonyl (C=O) groups is 1. The molecule has 4 rings (SSSR count). The summed E-state index contributed by atoms with van der Waals surface area (Å²) in [7, 11) is 0. The zero-order valence-electron chi connectivity index (χ0n) is 15.7. The second kappa shape index (κ2) is 8.21. The van der Waals surface area contributed by atoms with E-state index in [1.165, 1.54) is 0 Å². The second-order valence-corrected chi connectivity index (χ2v) is 7.00. The van der Waals surface area contributed by atoms with Crippen LogP contribution in [0.1, 0.15) is 29.0 Å². The Morgan fingerprint density at radius 2 is 1.93 bits per heavy atom. The minimum absolute atomic E-state index is 0.0882. The third-order valence-electron chi connectivity index (χ3n) is 4.93. The van der Waals surface area contributed by atoms with Crippen LogP contribution in [0.2, 0.25) is 0 Å². The van der Waals surface area contributed by atoms with Gasteiger partial charge in [0.2, 0.25) is 5.88 Å². The number of likely N-dealkylation sites (tertiary alicyclic amines) is 1. The van der Waals surface area contributed by atoms with E-state index in [0.717, 1.165) is 24.1 Å². The molecule has 1 amide bonds. The van der Waals surface area contributed by atoms with Gasteiger partial charge in [0.15, 0.2) is 11.5 Å². The Balaban J connectivity index is 1.29. The van der Waals surface area contributed by atoms with Crippen LogP contribution in [0.4, 0.5) is 0 Å². The molecular formula is C21H22N4O3. The summed E-state index contributed by atoms with van der Waals surface area (Å²) in [5.74, 6) is 1.45. The van der Waals surface area contributed by atoms with Crippen molar-refractivity contribution in [1.82, 2.24) is 20.3 Å². The van der Waals surface area contributed by atoms with Crippen LogP contribution in [0.25, 0.3) is 11.3 Å². The molecule has 28 heavy (non-hydrogen) atoms. The number of rotatable bonds is 5. The van der Waals surface area contributed by atoms with Crippen LogP contribution in [-0.4, -0.2) is 45.9 Å². The highest BCUT2D eigenvalue weighted by Gasteiger charge is 2.26. The van der Waals surface area contributed by atoms with Crippen molar-refractivity contribution >= 4 is 5.91 Å². The van der Waals surface area contributed by atoms with Crippen LogP contribution in [0, 0.1) is 12.8 Å².